The van der Waals surface area contributed by atoms with Gasteiger partial charge in [0.25, 0.3) is 0 Å². The normalized spacial score (nSPS) is 31.5. The van der Waals surface area contributed by atoms with Crippen molar-refractivity contribution in [1.82, 2.24) is 4.90 Å². The number of rotatable bonds is 5. The molecule has 2 heteroatoms. The molecule has 2 nitrogen and oxygen atoms in total. The predicted molar refractivity (Wildman–Crippen MR) is 68.7 cm³/mol. The van der Waals surface area contributed by atoms with Gasteiger partial charge < -0.3 is 4.74 Å². The first-order valence-electron chi connectivity index (χ1n) is 6.72. The summed E-state index contributed by atoms with van der Waals surface area (Å²) in [6, 6.07) is 10.8. The number of piperidine rings is 1. The second-order valence-corrected chi connectivity index (χ2v) is 5.33. The average molecular weight is 231 g/mol. The molecule has 1 aromatic rings. The van der Waals surface area contributed by atoms with Crippen molar-refractivity contribution in [3.8, 4) is 0 Å². The molecule has 1 saturated carbocycles. The largest absolute Gasteiger partial charge is 0.381 e. The average Bonchev–Trinajstić information content (AvgIpc) is 2.81. The smallest absolute Gasteiger partial charge is 0.0500 e. The highest BCUT2D eigenvalue weighted by atomic mass is 16.5. The van der Waals surface area contributed by atoms with Gasteiger partial charge in [0.1, 0.15) is 0 Å². The minimum Gasteiger partial charge on any atom is -0.381 e. The summed E-state index contributed by atoms with van der Waals surface area (Å²) in [5.41, 5.74) is 1.44. The van der Waals surface area contributed by atoms with Gasteiger partial charge in [0.2, 0.25) is 0 Å². The Balaban J connectivity index is 1.46. The molecule has 92 valence electrons. The standard InChI is InChI=1S/C15H21NO/c1-2-17-11-15-13-9-16(10-14(13)15)8-12-6-4-3-5-7-12/h3-7,13-15H,2,8-11H2,1H3/t13-,14+,15?. The highest BCUT2D eigenvalue weighted by Gasteiger charge is 2.55. The van der Waals surface area contributed by atoms with Crippen molar-refractivity contribution in [3.05, 3.63) is 35.9 Å². The van der Waals surface area contributed by atoms with Gasteiger partial charge in [-0.1, -0.05) is 30.3 Å². The minimum atomic E-state index is 0.863. The first-order chi connectivity index (χ1) is 8.38. The maximum absolute atomic E-state index is 5.53. The summed E-state index contributed by atoms with van der Waals surface area (Å²) in [7, 11) is 0. The molecule has 0 N–H and O–H groups in total. The first kappa shape index (κ1) is 11.2. The summed E-state index contributed by atoms with van der Waals surface area (Å²) in [5, 5.41) is 0. The van der Waals surface area contributed by atoms with E-state index in [2.05, 4.69) is 42.2 Å². The number of likely N-dealkylation sites (tertiary alicyclic amines) is 1. The number of fused-ring (bicyclic) bond motifs is 1. The lowest BCUT2D eigenvalue weighted by molar-refractivity contribution is 0.120. The fourth-order valence-corrected chi connectivity index (χ4v) is 3.21. The fourth-order valence-electron chi connectivity index (χ4n) is 3.21. The molecule has 2 aliphatic rings. The summed E-state index contributed by atoms with van der Waals surface area (Å²) in [6.07, 6.45) is 0. The molecular weight excluding hydrogens is 210 g/mol. The van der Waals surface area contributed by atoms with E-state index in [1.165, 1.54) is 18.7 Å². The molecule has 1 heterocycles. The summed E-state index contributed by atoms with van der Waals surface area (Å²) in [6.45, 7) is 7.61. The molecule has 2 fully saturated rings. The van der Waals surface area contributed by atoms with Gasteiger partial charge in [-0.25, -0.2) is 0 Å². The Morgan fingerprint density at radius 1 is 1.18 bits per heavy atom. The molecule has 0 aromatic heterocycles. The Labute approximate surface area is 104 Å². The van der Waals surface area contributed by atoms with Crippen LogP contribution in [0.4, 0.5) is 0 Å². The second kappa shape index (κ2) is 4.79. The Bertz CT molecular complexity index is 352. The molecule has 1 aliphatic carbocycles. The topological polar surface area (TPSA) is 12.5 Å². The molecule has 0 radical (unpaired) electrons. The number of hydrogen-bond donors (Lipinski definition) is 0. The van der Waals surface area contributed by atoms with E-state index in [0.717, 1.165) is 37.5 Å². The molecule has 17 heavy (non-hydrogen) atoms. The number of ether oxygens (including phenoxy) is 1. The third-order valence-electron chi connectivity index (χ3n) is 4.21. The lowest BCUT2D eigenvalue weighted by Gasteiger charge is -2.19. The van der Waals surface area contributed by atoms with Gasteiger partial charge in [0.05, 0.1) is 6.61 Å². The zero-order valence-corrected chi connectivity index (χ0v) is 10.5. The number of nitrogens with zero attached hydrogens (tertiary/aromatic N) is 1. The molecule has 3 rings (SSSR count). The summed E-state index contributed by atoms with van der Waals surface area (Å²) in [4.78, 5) is 2.59. The van der Waals surface area contributed by atoms with Crippen LogP contribution in [0.2, 0.25) is 0 Å². The van der Waals surface area contributed by atoms with Crippen LogP contribution in [0.5, 0.6) is 0 Å². The zero-order chi connectivity index (χ0) is 11.7. The predicted octanol–water partition coefficient (Wildman–Crippen LogP) is 2.40. The monoisotopic (exact) mass is 231 g/mol. The van der Waals surface area contributed by atoms with Crippen LogP contribution < -0.4 is 0 Å². The maximum Gasteiger partial charge on any atom is 0.0500 e. The molecular formula is C15H21NO. The van der Waals surface area contributed by atoms with Crippen LogP contribution in [0.15, 0.2) is 30.3 Å². The fraction of sp³-hybridized carbons (Fsp3) is 0.600. The van der Waals surface area contributed by atoms with E-state index in [9.17, 15) is 0 Å². The molecule has 0 bridgehead atoms. The van der Waals surface area contributed by atoms with E-state index >= 15 is 0 Å². The van der Waals surface area contributed by atoms with Crippen molar-refractivity contribution in [1.29, 1.82) is 0 Å². The zero-order valence-electron chi connectivity index (χ0n) is 10.5. The molecule has 3 atom stereocenters. The van der Waals surface area contributed by atoms with Gasteiger partial charge in [-0.2, -0.15) is 0 Å². The first-order valence-corrected chi connectivity index (χ1v) is 6.72. The Kier molecular flexibility index (Phi) is 3.17. The molecule has 1 saturated heterocycles. The number of hydrogen-bond acceptors (Lipinski definition) is 2. The lowest BCUT2D eigenvalue weighted by atomic mass is 10.2. The molecule has 1 aromatic carbocycles. The van der Waals surface area contributed by atoms with Gasteiger partial charge in [0.15, 0.2) is 0 Å². The molecule has 1 unspecified atom stereocenters. The second-order valence-electron chi connectivity index (χ2n) is 5.33. The van der Waals surface area contributed by atoms with Crippen LogP contribution in [-0.4, -0.2) is 31.2 Å². The summed E-state index contributed by atoms with van der Waals surface area (Å²) >= 11 is 0. The highest BCUT2D eigenvalue weighted by molar-refractivity contribution is 5.15. The number of benzene rings is 1. The highest BCUT2D eigenvalue weighted by Crippen LogP contribution is 2.51. The molecule has 0 spiro atoms. The van der Waals surface area contributed by atoms with E-state index in [4.69, 9.17) is 4.74 Å². The van der Waals surface area contributed by atoms with Crippen LogP contribution in [0, 0.1) is 17.8 Å². The quantitative estimate of drug-likeness (QED) is 0.771. The summed E-state index contributed by atoms with van der Waals surface area (Å²) < 4.78 is 5.53. The summed E-state index contributed by atoms with van der Waals surface area (Å²) in [5.74, 6) is 2.71. The molecule has 1 aliphatic heterocycles. The van der Waals surface area contributed by atoms with Crippen LogP contribution in [0.25, 0.3) is 0 Å². The Morgan fingerprint density at radius 2 is 1.88 bits per heavy atom. The minimum absolute atomic E-state index is 0.863. The van der Waals surface area contributed by atoms with Gasteiger partial charge in [-0.05, 0) is 30.2 Å². The third-order valence-corrected chi connectivity index (χ3v) is 4.21. The van der Waals surface area contributed by atoms with Crippen molar-refractivity contribution in [2.45, 2.75) is 13.5 Å². The Hall–Kier alpha value is -0.860. The maximum atomic E-state index is 5.53. The van der Waals surface area contributed by atoms with E-state index in [1.807, 2.05) is 0 Å². The van der Waals surface area contributed by atoms with Crippen LogP contribution in [0.1, 0.15) is 12.5 Å². The van der Waals surface area contributed by atoms with Crippen LogP contribution in [0.3, 0.4) is 0 Å². The third kappa shape index (κ3) is 2.38. The van der Waals surface area contributed by atoms with Crippen LogP contribution >= 0.6 is 0 Å². The van der Waals surface area contributed by atoms with Crippen molar-refractivity contribution < 1.29 is 4.74 Å². The van der Waals surface area contributed by atoms with E-state index in [1.54, 1.807) is 0 Å². The van der Waals surface area contributed by atoms with E-state index in [-0.39, 0.29) is 0 Å². The van der Waals surface area contributed by atoms with Gasteiger partial charge in [0, 0.05) is 26.2 Å². The SMILES string of the molecule is CCOCC1[C@H]2CN(Cc3ccccc3)C[C@@H]12. The van der Waals surface area contributed by atoms with E-state index in [0.29, 0.717) is 0 Å². The van der Waals surface area contributed by atoms with Gasteiger partial charge in [-0.3, -0.25) is 4.90 Å². The van der Waals surface area contributed by atoms with Gasteiger partial charge in [-0.15, -0.1) is 0 Å². The molecule has 0 amide bonds. The van der Waals surface area contributed by atoms with E-state index < -0.39 is 0 Å². The van der Waals surface area contributed by atoms with Crippen molar-refractivity contribution in [2.24, 2.45) is 17.8 Å². The van der Waals surface area contributed by atoms with Crippen molar-refractivity contribution >= 4 is 0 Å². The van der Waals surface area contributed by atoms with Crippen molar-refractivity contribution in [3.63, 3.8) is 0 Å². The van der Waals surface area contributed by atoms with Gasteiger partial charge >= 0.3 is 0 Å². The van der Waals surface area contributed by atoms with Crippen LogP contribution in [-0.2, 0) is 11.3 Å². The van der Waals surface area contributed by atoms with Crippen molar-refractivity contribution in [2.75, 3.05) is 26.3 Å². The Morgan fingerprint density at radius 3 is 2.53 bits per heavy atom. The lowest BCUT2D eigenvalue weighted by Crippen LogP contribution is -2.25.